The van der Waals surface area contributed by atoms with E-state index in [1.807, 2.05) is 7.05 Å². The third-order valence-corrected chi connectivity index (χ3v) is 4.94. The first-order valence-electron chi connectivity index (χ1n) is 9.74. The van der Waals surface area contributed by atoms with Crippen LogP contribution in [0.5, 0.6) is 0 Å². The maximum absolute atomic E-state index is 5.71. The summed E-state index contributed by atoms with van der Waals surface area (Å²) in [4.78, 5) is 6.76. The van der Waals surface area contributed by atoms with Crippen molar-refractivity contribution in [1.29, 1.82) is 0 Å². The van der Waals surface area contributed by atoms with Gasteiger partial charge in [0.05, 0.1) is 19.3 Å². The molecule has 0 bridgehead atoms. The van der Waals surface area contributed by atoms with E-state index in [2.05, 4.69) is 51.6 Å². The Bertz CT molecular complexity index is 591. The topological polar surface area (TPSA) is 46.1 Å². The number of nitrogens with one attached hydrogen (secondary N) is 1. The van der Waals surface area contributed by atoms with Gasteiger partial charge in [-0.15, -0.1) is 24.0 Å². The van der Waals surface area contributed by atoms with E-state index in [-0.39, 0.29) is 24.0 Å². The Morgan fingerprint density at radius 1 is 1.30 bits per heavy atom. The zero-order valence-electron chi connectivity index (χ0n) is 16.2. The van der Waals surface area contributed by atoms with Crippen molar-refractivity contribution in [3.05, 3.63) is 41.5 Å². The van der Waals surface area contributed by atoms with Crippen LogP contribution >= 0.6 is 24.0 Å². The largest absolute Gasteiger partial charge is 0.377 e. The molecule has 0 spiro atoms. The number of ether oxygens (including phenoxy) is 2. The van der Waals surface area contributed by atoms with Crippen LogP contribution in [-0.2, 0) is 9.47 Å². The molecule has 27 heavy (non-hydrogen) atoms. The Hall–Kier alpha value is -1.12. The number of rotatable bonds is 6. The Kier molecular flexibility index (Phi) is 10.2. The van der Waals surface area contributed by atoms with Gasteiger partial charge in [0, 0.05) is 33.3 Å². The highest BCUT2D eigenvalue weighted by Gasteiger charge is 2.17. The third kappa shape index (κ3) is 7.43. The molecule has 1 atom stereocenters. The molecule has 150 valence electrons. The predicted octanol–water partition coefficient (Wildman–Crippen LogP) is 3.55. The predicted molar refractivity (Wildman–Crippen MR) is 122 cm³/mol. The van der Waals surface area contributed by atoms with Crippen LogP contribution in [-0.4, -0.2) is 63.5 Å². The Morgan fingerprint density at radius 2 is 2.07 bits per heavy atom. The van der Waals surface area contributed by atoms with Crippen molar-refractivity contribution in [3.63, 3.8) is 0 Å². The second-order valence-corrected chi connectivity index (χ2v) is 6.88. The van der Waals surface area contributed by atoms with Gasteiger partial charge in [0.25, 0.3) is 0 Å². The van der Waals surface area contributed by atoms with E-state index in [0.29, 0.717) is 19.3 Å². The molecule has 1 N–H and O–H groups in total. The van der Waals surface area contributed by atoms with Crippen LogP contribution in [0.3, 0.4) is 0 Å². The number of benzene rings is 1. The minimum atomic E-state index is 0. The number of hydrogen-bond acceptors (Lipinski definition) is 3. The second-order valence-electron chi connectivity index (χ2n) is 6.88. The maximum atomic E-state index is 5.71. The number of hydrogen-bond donors (Lipinski definition) is 1. The van der Waals surface area contributed by atoms with Gasteiger partial charge in [0.1, 0.15) is 0 Å². The normalized spacial score (nSPS) is 20.3. The SMILES string of the molecule is CN=C(NCCOCC1CCCO1)N1CCC(=Cc2ccccc2)CC1.I. The number of guanidine groups is 1. The summed E-state index contributed by atoms with van der Waals surface area (Å²) in [5, 5.41) is 3.42. The van der Waals surface area contributed by atoms with Crippen molar-refractivity contribution < 1.29 is 9.47 Å². The highest BCUT2D eigenvalue weighted by atomic mass is 127. The summed E-state index contributed by atoms with van der Waals surface area (Å²) in [6.07, 6.45) is 7.09. The first kappa shape index (κ1) is 22.2. The lowest BCUT2D eigenvalue weighted by Crippen LogP contribution is -2.45. The van der Waals surface area contributed by atoms with Crippen molar-refractivity contribution in [2.45, 2.75) is 31.8 Å². The summed E-state index contributed by atoms with van der Waals surface area (Å²) in [7, 11) is 1.85. The third-order valence-electron chi connectivity index (χ3n) is 4.94. The van der Waals surface area contributed by atoms with Crippen molar-refractivity contribution in [1.82, 2.24) is 10.2 Å². The van der Waals surface area contributed by atoms with Gasteiger partial charge in [0.15, 0.2) is 5.96 Å². The highest BCUT2D eigenvalue weighted by Crippen LogP contribution is 2.19. The number of aliphatic imine (C=N–C) groups is 1. The molecular formula is C21H32IN3O2. The molecule has 2 fully saturated rings. The Labute approximate surface area is 180 Å². The number of likely N-dealkylation sites (tertiary alicyclic amines) is 1. The first-order valence-corrected chi connectivity index (χ1v) is 9.74. The molecule has 0 saturated carbocycles. The summed E-state index contributed by atoms with van der Waals surface area (Å²) in [5.74, 6) is 0.976. The highest BCUT2D eigenvalue weighted by molar-refractivity contribution is 14.0. The Morgan fingerprint density at radius 3 is 2.74 bits per heavy atom. The zero-order chi connectivity index (χ0) is 18.0. The first-order chi connectivity index (χ1) is 12.8. The molecule has 2 saturated heterocycles. The molecule has 2 heterocycles. The number of nitrogens with zero attached hydrogens (tertiary/aromatic N) is 2. The average Bonchev–Trinajstić information content (AvgIpc) is 3.20. The minimum absolute atomic E-state index is 0. The summed E-state index contributed by atoms with van der Waals surface area (Å²) in [6.45, 7) is 5.07. The van der Waals surface area contributed by atoms with Crippen molar-refractivity contribution in [2.24, 2.45) is 4.99 Å². The molecule has 3 rings (SSSR count). The van der Waals surface area contributed by atoms with Gasteiger partial charge in [-0.3, -0.25) is 4.99 Å². The lowest BCUT2D eigenvalue weighted by molar-refractivity contribution is 0.0190. The lowest BCUT2D eigenvalue weighted by Gasteiger charge is -2.31. The van der Waals surface area contributed by atoms with E-state index < -0.39 is 0 Å². The molecule has 0 aromatic heterocycles. The smallest absolute Gasteiger partial charge is 0.193 e. The van der Waals surface area contributed by atoms with Crippen LogP contribution in [0.1, 0.15) is 31.2 Å². The fourth-order valence-electron chi connectivity index (χ4n) is 3.49. The van der Waals surface area contributed by atoms with E-state index in [1.54, 1.807) is 0 Å². The van der Waals surface area contributed by atoms with Crippen molar-refractivity contribution >= 4 is 36.0 Å². The van der Waals surface area contributed by atoms with E-state index in [4.69, 9.17) is 9.47 Å². The molecule has 2 aliphatic rings. The number of piperidine rings is 1. The van der Waals surface area contributed by atoms with Gasteiger partial charge in [-0.2, -0.15) is 0 Å². The van der Waals surface area contributed by atoms with Crippen LogP contribution in [0.4, 0.5) is 0 Å². The van der Waals surface area contributed by atoms with Gasteiger partial charge < -0.3 is 19.7 Å². The van der Waals surface area contributed by atoms with Crippen molar-refractivity contribution in [2.75, 3.05) is 46.5 Å². The molecule has 1 aromatic rings. The van der Waals surface area contributed by atoms with Crippen LogP contribution in [0.25, 0.3) is 6.08 Å². The van der Waals surface area contributed by atoms with Gasteiger partial charge in [-0.1, -0.05) is 42.0 Å². The summed E-state index contributed by atoms with van der Waals surface area (Å²) >= 11 is 0. The van der Waals surface area contributed by atoms with Gasteiger partial charge in [-0.25, -0.2) is 0 Å². The molecule has 1 unspecified atom stereocenters. The molecule has 2 aliphatic heterocycles. The minimum Gasteiger partial charge on any atom is -0.377 e. The van der Waals surface area contributed by atoms with Crippen molar-refractivity contribution in [3.8, 4) is 0 Å². The van der Waals surface area contributed by atoms with Crippen LogP contribution < -0.4 is 5.32 Å². The Balaban J connectivity index is 0.00000261. The molecule has 5 nitrogen and oxygen atoms in total. The van der Waals surface area contributed by atoms with Crippen LogP contribution in [0.2, 0.25) is 0 Å². The van der Waals surface area contributed by atoms with E-state index in [0.717, 1.165) is 57.9 Å². The zero-order valence-corrected chi connectivity index (χ0v) is 18.6. The molecule has 1 aromatic carbocycles. The fourth-order valence-corrected chi connectivity index (χ4v) is 3.49. The summed E-state index contributed by atoms with van der Waals surface area (Å²) < 4.78 is 11.3. The maximum Gasteiger partial charge on any atom is 0.193 e. The monoisotopic (exact) mass is 485 g/mol. The van der Waals surface area contributed by atoms with E-state index >= 15 is 0 Å². The van der Waals surface area contributed by atoms with E-state index in [9.17, 15) is 0 Å². The fraction of sp³-hybridized carbons (Fsp3) is 0.571. The van der Waals surface area contributed by atoms with Crippen LogP contribution in [0, 0.1) is 0 Å². The molecule has 0 radical (unpaired) electrons. The van der Waals surface area contributed by atoms with Gasteiger partial charge in [0.2, 0.25) is 0 Å². The van der Waals surface area contributed by atoms with Gasteiger partial charge >= 0.3 is 0 Å². The molecule has 0 aliphatic carbocycles. The number of halogens is 1. The van der Waals surface area contributed by atoms with Crippen LogP contribution in [0.15, 0.2) is 40.9 Å². The molecule has 6 heteroatoms. The molecule has 0 amide bonds. The summed E-state index contributed by atoms with van der Waals surface area (Å²) in [5.41, 5.74) is 2.81. The summed E-state index contributed by atoms with van der Waals surface area (Å²) in [6, 6.07) is 10.6. The van der Waals surface area contributed by atoms with Gasteiger partial charge in [-0.05, 0) is 31.2 Å². The quantitative estimate of drug-likeness (QED) is 0.290. The standard InChI is InChI=1S/C21H31N3O2.HI/c1-22-21(23-11-15-25-17-20-8-5-14-26-20)24-12-9-19(10-13-24)16-18-6-3-2-4-7-18;/h2-4,6-7,16,20H,5,8-15,17H2,1H3,(H,22,23);1H. The molecular weight excluding hydrogens is 453 g/mol. The lowest BCUT2D eigenvalue weighted by atomic mass is 10.0. The second kappa shape index (κ2) is 12.4. The average molecular weight is 485 g/mol. The van der Waals surface area contributed by atoms with E-state index in [1.165, 1.54) is 11.1 Å².